The summed E-state index contributed by atoms with van der Waals surface area (Å²) >= 11 is 3.43. The summed E-state index contributed by atoms with van der Waals surface area (Å²) in [6, 6.07) is 3.72. The van der Waals surface area contributed by atoms with Crippen molar-refractivity contribution in [1.29, 1.82) is 0 Å². The Hall–Kier alpha value is -0.740. The number of rotatable bonds is 1. The number of ether oxygens (including phenoxy) is 2. The first-order valence-corrected chi connectivity index (χ1v) is 5.30. The molecular formula is C10H9BrO3. The third-order valence-corrected chi connectivity index (χ3v) is 3.34. The van der Waals surface area contributed by atoms with E-state index in [9.17, 15) is 5.11 Å². The second-order valence-electron chi connectivity index (χ2n) is 3.72. The number of aliphatic hydroxyl groups is 1. The molecule has 1 aliphatic carbocycles. The zero-order chi connectivity index (χ0) is 9.76. The van der Waals surface area contributed by atoms with Crippen LogP contribution in [0.25, 0.3) is 0 Å². The minimum Gasteiger partial charge on any atom is -0.454 e. The Bertz CT molecular complexity index is 399. The van der Waals surface area contributed by atoms with Crippen molar-refractivity contribution < 1.29 is 14.6 Å². The first-order chi connectivity index (χ1) is 6.69. The summed E-state index contributed by atoms with van der Waals surface area (Å²) in [6.45, 7) is 0.268. The van der Waals surface area contributed by atoms with Crippen molar-refractivity contribution in [3.63, 3.8) is 0 Å². The van der Waals surface area contributed by atoms with E-state index in [0.29, 0.717) is 0 Å². The molecule has 14 heavy (non-hydrogen) atoms. The van der Waals surface area contributed by atoms with Gasteiger partial charge in [-0.05, 0) is 25.0 Å². The van der Waals surface area contributed by atoms with Crippen molar-refractivity contribution >= 4 is 15.9 Å². The van der Waals surface area contributed by atoms with Crippen LogP contribution in [0.3, 0.4) is 0 Å². The van der Waals surface area contributed by atoms with Crippen molar-refractivity contribution in [3.05, 3.63) is 22.2 Å². The van der Waals surface area contributed by atoms with Gasteiger partial charge in [0, 0.05) is 10.0 Å². The van der Waals surface area contributed by atoms with Gasteiger partial charge in [-0.2, -0.15) is 0 Å². The normalized spacial score (nSPS) is 21.0. The van der Waals surface area contributed by atoms with E-state index in [4.69, 9.17) is 9.47 Å². The molecule has 1 aromatic carbocycles. The molecule has 2 aliphatic rings. The van der Waals surface area contributed by atoms with Crippen molar-refractivity contribution in [2.45, 2.75) is 18.4 Å². The average Bonchev–Trinajstić information content (AvgIpc) is 2.75. The highest BCUT2D eigenvalue weighted by Crippen LogP contribution is 2.50. The van der Waals surface area contributed by atoms with E-state index in [0.717, 1.165) is 34.4 Å². The van der Waals surface area contributed by atoms with Gasteiger partial charge in [-0.15, -0.1) is 0 Å². The van der Waals surface area contributed by atoms with Crippen LogP contribution < -0.4 is 9.47 Å². The van der Waals surface area contributed by atoms with Crippen LogP contribution in [0.5, 0.6) is 11.5 Å². The Labute approximate surface area is 89.8 Å². The third kappa shape index (κ3) is 1.14. The van der Waals surface area contributed by atoms with Crippen LogP contribution >= 0.6 is 15.9 Å². The molecule has 0 atom stereocenters. The molecule has 3 rings (SSSR count). The highest BCUT2D eigenvalue weighted by atomic mass is 79.9. The van der Waals surface area contributed by atoms with E-state index in [1.54, 1.807) is 0 Å². The molecule has 1 heterocycles. The van der Waals surface area contributed by atoms with E-state index < -0.39 is 5.60 Å². The fourth-order valence-corrected chi connectivity index (χ4v) is 2.35. The van der Waals surface area contributed by atoms with E-state index in [-0.39, 0.29) is 6.79 Å². The lowest BCUT2D eigenvalue weighted by Crippen LogP contribution is -2.04. The molecule has 0 spiro atoms. The molecule has 0 unspecified atom stereocenters. The van der Waals surface area contributed by atoms with Gasteiger partial charge in [0.25, 0.3) is 0 Å². The van der Waals surface area contributed by atoms with Gasteiger partial charge in [0.1, 0.15) is 0 Å². The molecule has 74 valence electrons. The van der Waals surface area contributed by atoms with Crippen LogP contribution in [0, 0.1) is 0 Å². The Balaban J connectivity index is 2.13. The molecule has 1 saturated carbocycles. The second-order valence-corrected chi connectivity index (χ2v) is 4.57. The molecule has 1 N–H and O–H groups in total. The first kappa shape index (κ1) is 8.56. The molecule has 4 heteroatoms. The van der Waals surface area contributed by atoms with Gasteiger partial charge >= 0.3 is 0 Å². The maximum absolute atomic E-state index is 9.99. The third-order valence-electron chi connectivity index (χ3n) is 2.69. The molecule has 1 aromatic rings. The molecule has 0 bridgehead atoms. The van der Waals surface area contributed by atoms with Crippen molar-refractivity contribution in [2.24, 2.45) is 0 Å². The summed E-state index contributed by atoms with van der Waals surface area (Å²) in [5.41, 5.74) is 0.265. The van der Waals surface area contributed by atoms with Gasteiger partial charge in [-0.3, -0.25) is 0 Å². The lowest BCUT2D eigenvalue weighted by molar-refractivity contribution is 0.150. The quantitative estimate of drug-likeness (QED) is 0.837. The van der Waals surface area contributed by atoms with Crippen molar-refractivity contribution in [3.8, 4) is 11.5 Å². The molecule has 0 amide bonds. The van der Waals surface area contributed by atoms with Crippen molar-refractivity contribution in [2.75, 3.05) is 6.79 Å². The first-order valence-electron chi connectivity index (χ1n) is 4.51. The summed E-state index contributed by atoms with van der Waals surface area (Å²) in [7, 11) is 0. The van der Waals surface area contributed by atoms with Gasteiger partial charge in [0.15, 0.2) is 11.5 Å². The van der Waals surface area contributed by atoms with Gasteiger partial charge in [-0.25, -0.2) is 0 Å². The average molecular weight is 257 g/mol. The summed E-state index contributed by atoms with van der Waals surface area (Å²) in [5, 5.41) is 9.99. The predicted molar refractivity (Wildman–Crippen MR) is 53.4 cm³/mol. The molecular weight excluding hydrogens is 248 g/mol. The second kappa shape index (κ2) is 2.64. The summed E-state index contributed by atoms with van der Waals surface area (Å²) in [6.07, 6.45) is 1.65. The maximum atomic E-state index is 9.99. The van der Waals surface area contributed by atoms with Crippen LogP contribution in [0.1, 0.15) is 18.4 Å². The number of hydrogen-bond donors (Lipinski definition) is 1. The lowest BCUT2D eigenvalue weighted by atomic mass is 10.1. The zero-order valence-electron chi connectivity index (χ0n) is 7.42. The molecule has 0 saturated heterocycles. The van der Waals surface area contributed by atoms with Gasteiger partial charge < -0.3 is 14.6 Å². The fraction of sp³-hybridized carbons (Fsp3) is 0.400. The smallest absolute Gasteiger partial charge is 0.231 e. The molecule has 1 aliphatic heterocycles. The number of hydrogen-bond acceptors (Lipinski definition) is 3. The van der Waals surface area contributed by atoms with E-state index in [2.05, 4.69) is 15.9 Å². The summed E-state index contributed by atoms with van der Waals surface area (Å²) in [4.78, 5) is 0. The molecule has 0 radical (unpaired) electrons. The fourth-order valence-electron chi connectivity index (χ4n) is 1.66. The topological polar surface area (TPSA) is 38.7 Å². The monoisotopic (exact) mass is 256 g/mol. The standard InChI is InChI=1S/C10H9BrO3/c11-7-4-9-8(13-5-14-9)3-6(7)10(12)1-2-10/h3-4,12H,1-2,5H2. The highest BCUT2D eigenvalue weighted by Gasteiger charge is 2.44. The van der Waals surface area contributed by atoms with Crippen LogP contribution in [0.4, 0.5) is 0 Å². The minimum atomic E-state index is -0.639. The van der Waals surface area contributed by atoms with Gasteiger partial charge in [0.05, 0.1) is 5.60 Å². The highest BCUT2D eigenvalue weighted by molar-refractivity contribution is 9.10. The van der Waals surface area contributed by atoms with E-state index in [1.165, 1.54) is 0 Å². The maximum Gasteiger partial charge on any atom is 0.231 e. The van der Waals surface area contributed by atoms with Gasteiger partial charge in [-0.1, -0.05) is 15.9 Å². The minimum absolute atomic E-state index is 0.268. The SMILES string of the molecule is OC1(c2cc3c(cc2Br)OCO3)CC1. The molecule has 1 fully saturated rings. The predicted octanol–water partition coefficient (Wildman–Crippen LogP) is 2.16. The van der Waals surface area contributed by atoms with Crippen molar-refractivity contribution in [1.82, 2.24) is 0 Å². The Morgan fingerprint density at radius 3 is 2.50 bits per heavy atom. The molecule has 3 nitrogen and oxygen atoms in total. The van der Waals surface area contributed by atoms with Crippen LogP contribution in [0.15, 0.2) is 16.6 Å². The number of fused-ring (bicyclic) bond motifs is 1. The number of benzene rings is 1. The Morgan fingerprint density at radius 1 is 1.21 bits per heavy atom. The molecule has 0 aromatic heterocycles. The zero-order valence-corrected chi connectivity index (χ0v) is 9.00. The van der Waals surface area contributed by atoms with Gasteiger partial charge in [0.2, 0.25) is 6.79 Å². The van der Waals surface area contributed by atoms with Crippen LogP contribution in [-0.4, -0.2) is 11.9 Å². The number of halogens is 1. The summed E-state index contributed by atoms with van der Waals surface area (Å²) in [5.74, 6) is 1.47. The Morgan fingerprint density at radius 2 is 1.86 bits per heavy atom. The van der Waals surface area contributed by atoms with Crippen LogP contribution in [0.2, 0.25) is 0 Å². The van der Waals surface area contributed by atoms with Crippen LogP contribution in [-0.2, 0) is 5.60 Å². The lowest BCUT2D eigenvalue weighted by Gasteiger charge is -2.11. The Kier molecular flexibility index (Phi) is 1.61. The largest absolute Gasteiger partial charge is 0.454 e. The summed E-state index contributed by atoms with van der Waals surface area (Å²) < 4.78 is 11.4. The van der Waals surface area contributed by atoms with E-state index in [1.807, 2.05) is 12.1 Å². The van der Waals surface area contributed by atoms with E-state index >= 15 is 0 Å².